The van der Waals surface area contributed by atoms with Crippen molar-refractivity contribution in [3.05, 3.63) is 23.8 Å². The molecule has 7 heteroatoms. The second-order valence-electron chi connectivity index (χ2n) is 4.73. The Kier molecular flexibility index (Phi) is 6.19. The number of aromatic hydroxyl groups is 1. The lowest BCUT2D eigenvalue weighted by molar-refractivity contribution is -0.139. The molecule has 0 saturated heterocycles. The van der Waals surface area contributed by atoms with Crippen LogP contribution in [-0.4, -0.2) is 36.8 Å². The molecule has 0 aliphatic carbocycles. The molecular formula is C14H19N3O4. The van der Waals surface area contributed by atoms with Gasteiger partial charge in [-0.25, -0.2) is 5.43 Å². The van der Waals surface area contributed by atoms with Crippen LogP contribution >= 0.6 is 0 Å². The number of phenols is 1. The third-order valence-electron chi connectivity index (χ3n) is 2.46. The maximum Gasteiger partial charge on any atom is 0.329 e. The van der Waals surface area contributed by atoms with E-state index < -0.39 is 11.8 Å². The number of rotatable bonds is 5. The van der Waals surface area contributed by atoms with Crippen molar-refractivity contribution in [2.75, 3.05) is 13.7 Å². The molecule has 0 aromatic heterocycles. The van der Waals surface area contributed by atoms with Crippen LogP contribution in [-0.2, 0) is 9.59 Å². The number of phenolic OH excluding ortho intramolecular Hbond substituents is 1. The molecule has 0 atom stereocenters. The summed E-state index contributed by atoms with van der Waals surface area (Å²) in [6, 6.07) is 4.58. The minimum absolute atomic E-state index is 0.00625. The molecule has 0 saturated carbocycles. The zero-order valence-electron chi connectivity index (χ0n) is 12.2. The second-order valence-corrected chi connectivity index (χ2v) is 4.73. The molecule has 0 bridgehead atoms. The molecular weight excluding hydrogens is 274 g/mol. The average molecular weight is 293 g/mol. The average Bonchev–Trinajstić information content (AvgIpc) is 2.46. The van der Waals surface area contributed by atoms with Crippen LogP contribution < -0.4 is 15.5 Å². The lowest BCUT2D eigenvalue weighted by atomic mass is 10.2. The van der Waals surface area contributed by atoms with Gasteiger partial charge in [-0.05, 0) is 29.7 Å². The number of carbonyl (C=O) groups excluding carboxylic acids is 2. The fraction of sp³-hybridized carbons (Fsp3) is 0.357. The van der Waals surface area contributed by atoms with E-state index >= 15 is 0 Å². The van der Waals surface area contributed by atoms with E-state index in [9.17, 15) is 14.7 Å². The van der Waals surface area contributed by atoms with E-state index in [0.717, 1.165) is 0 Å². The summed E-state index contributed by atoms with van der Waals surface area (Å²) in [4.78, 5) is 22.8. The van der Waals surface area contributed by atoms with Gasteiger partial charge in [0, 0.05) is 6.54 Å². The fourth-order valence-corrected chi connectivity index (χ4v) is 1.37. The van der Waals surface area contributed by atoms with Gasteiger partial charge in [0.15, 0.2) is 11.5 Å². The zero-order valence-corrected chi connectivity index (χ0v) is 12.2. The van der Waals surface area contributed by atoms with E-state index in [1.807, 2.05) is 13.8 Å². The number of nitrogens with one attached hydrogen (secondary N) is 2. The van der Waals surface area contributed by atoms with Crippen LogP contribution in [0.1, 0.15) is 19.4 Å². The van der Waals surface area contributed by atoms with Crippen LogP contribution in [0.5, 0.6) is 11.5 Å². The van der Waals surface area contributed by atoms with Gasteiger partial charge in [0.05, 0.1) is 13.3 Å². The monoisotopic (exact) mass is 293 g/mol. The van der Waals surface area contributed by atoms with Gasteiger partial charge in [-0.15, -0.1) is 0 Å². The number of carbonyl (C=O) groups is 2. The number of benzene rings is 1. The second kappa shape index (κ2) is 7.88. The fourth-order valence-electron chi connectivity index (χ4n) is 1.37. The van der Waals surface area contributed by atoms with Crippen LogP contribution in [0.3, 0.4) is 0 Å². The number of nitrogens with zero attached hydrogens (tertiary/aromatic N) is 1. The number of ether oxygens (including phenoxy) is 1. The molecule has 0 fully saturated rings. The van der Waals surface area contributed by atoms with E-state index in [1.54, 1.807) is 12.1 Å². The van der Waals surface area contributed by atoms with Crippen molar-refractivity contribution in [3.63, 3.8) is 0 Å². The third-order valence-corrected chi connectivity index (χ3v) is 2.46. The van der Waals surface area contributed by atoms with Crippen molar-refractivity contribution >= 4 is 18.0 Å². The lowest BCUT2D eigenvalue weighted by Gasteiger charge is -2.06. The predicted octanol–water partition coefficient (Wildman–Crippen LogP) is 0.623. The number of hydrogen-bond donors (Lipinski definition) is 3. The Morgan fingerprint density at radius 2 is 2.10 bits per heavy atom. The Balaban J connectivity index is 2.54. The summed E-state index contributed by atoms with van der Waals surface area (Å²) >= 11 is 0. The zero-order chi connectivity index (χ0) is 15.8. The first-order chi connectivity index (χ1) is 9.93. The Hall–Kier alpha value is -2.57. The summed E-state index contributed by atoms with van der Waals surface area (Å²) < 4.78 is 4.94. The van der Waals surface area contributed by atoms with Crippen LogP contribution in [0, 0.1) is 5.92 Å². The summed E-state index contributed by atoms with van der Waals surface area (Å²) in [6.45, 7) is 4.27. The molecule has 7 nitrogen and oxygen atoms in total. The van der Waals surface area contributed by atoms with E-state index in [4.69, 9.17) is 4.74 Å². The highest BCUT2D eigenvalue weighted by molar-refractivity contribution is 6.35. The van der Waals surface area contributed by atoms with Crippen molar-refractivity contribution < 1.29 is 19.4 Å². The van der Waals surface area contributed by atoms with E-state index in [1.165, 1.54) is 19.4 Å². The summed E-state index contributed by atoms with van der Waals surface area (Å²) in [5, 5.41) is 15.6. The Bertz CT molecular complexity index is 541. The molecule has 0 aliphatic heterocycles. The van der Waals surface area contributed by atoms with Crippen molar-refractivity contribution in [1.82, 2.24) is 10.7 Å². The Labute approximate surface area is 123 Å². The minimum Gasteiger partial charge on any atom is -0.504 e. The van der Waals surface area contributed by atoms with E-state index in [2.05, 4.69) is 15.8 Å². The number of methoxy groups -OCH3 is 1. The molecule has 1 rings (SSSR count). The maximum absolute atomic E-state index is 11.4. The Morgan fingerprint density at radius 3 is 2.71 bits per heavy atom. The predicted molar refractivity (Wildman–Crippen MR) is 78.2 cm³/mol. The minimum atomic E-state index is -0.836. The number of hydrazone groups is 1. The van der Waals surface area contributed by atoms with Crippen molar-refractivity contribution in [2.24, 2.45) is 11.0 Å². The van der Waals surface area contributed by atoms with Gasteiger partial charge in [0.2, 0.25) is 0 Å². The maximum atomic E-state index is 11.4. The smallest absolute Gasteiger partial charge is 0.329 e. The van der Waals surface area contributed by atoms with Gasteiger partial charge >= 0.3 is 11.8 Å². The lowest BCUT2D eigenvalue weighted by Crippen LogP contribution is -2.39. The first-order valence-corrected chi connectivity index (χ1v) is 6.42. The standard InChI is InChI=1S/C14H19N3O4/c1-9(2)7-15-13(19)14(20)17-16-8-10-4-5-11(18)12(6-10)21-3/h4-6,8-9,18H,7H2,1-3H3,(H,15,19)(H,17,20)/b16-8-. The molecule has 21 heavy (non-hydrogen) atoms. The highest BCUT2D eigenvalue weighted by Gasteiger charge is 2.12. The first-order valence-electron chi connectivity index (χ1n) is 6.42. The van der Waals surface area contributed by atoms with Gasteiger partial charge in [-0.2, -0.15) is 5.10 Å². The topological polar surface area (TPSA) is 100 Å². The highest BCUT2D eigenvalue weighted by Crippen LogP contribution is 2.25. The highest BCUT2D eigenvalue weighted by atomic mass is 16.5. The molecule has 1 aromatic rings. The SMILES string of the molecule is COc1cc(/C=N\NC(=O)C(=O)NCC(C)C)ccc1O. The van der Waals surface area contributed by atoms with Crippen molar-refractivity contribution in [3.8, 4) is 11.5 Å². The summed E-state index contributed by atoms with van der Waals surface area (Å²) in [5.41, 5.74) is 2.73. The van der Waals surface area contributed by atoms with Crippen LogP contribution in [0.15, 0.2) is 23.3 Å². The van der Waals surface area contributed by atoms with E-state index in [0.29, 0.717) is 17.9 Å². The van der Waals surface area contributed by atoms with E-state index in [-0.39, 0.29) is 11.7 Å². The van der Waals surface area contributed by atoms with Gasteiger partial charge in [0.1, 0.15) is 0 Å². The molecule has 0 unspecified atom stereocenters. The third kappa shape index (κ3) is 5.52. The molecule has 114 valence electrons. The van der Waals surface area contributed by atoms with Crippen LogP contribution in [0.25, 0.3) is 0 Å². The molecule has 3 N–H and O–H groups in total. The quantitative estimate of drug-likeness (QED) is 0.421. The van der Waals surface area contributed by atoms with Gasteiger partial charge in [-0.3, -0.25) is 9.59 Å². The van der Waals surface area contributed by atoms with Crippen molar-refractivity contribution in [1.29, 1.82) is 0 Å². The van der Waals surface area contributed by atoms with Gasteiger partial charge < -0.3 is 15.2 Å². The molecule has 2 amide bonds. The largest absolute Gasteiger partial charge is 0.504 e. The Morgan fingerprint density at radius 1 is 1.38 bits per heavy atom. The summed E-state index contributed by atoms with van der Waals surface area (Å²) in [5.74, 6) is -1.01. The van der Waals surface area contributed by atoms with Crippen LogP contribution in [0.4, 0.5) is 0 Å². The molecule has 1 aromatic carbocycles. The van der Waals surface area contributed by atoms with Gasteiger partial charge in [0.25, 0.3) is 0 Å². The molecule has 0 aliphatic rings. The molecule has 0 radical (unpaired) electrons. The number of amides is 2. The van der Waals surface area contributed by atoms with Crippen LogP contribution in [0.2, 0.25) is 0 Å². The van der Waals surface area contributed by atoms with Crippen molar-refractivity contribution in [2.45, 2.75) is 13.8 Å². The normalized spacial score (nSPS) is 10.7. The molecule has 0 heterocycles. The molecule has 0 spiro atoms. The summed E-state index contributed by atoms with van der Waals surface area (Å²) in [6.07, 6.45) is 1.34. The first kappa shape index (κ1) is 16.5. The summed E-state index contributed by atoms with van der Waals surface area (Å²) in [7, 11) is 1.43. The number of hydrogen-bond acceptors (Lipinski definition) is 5. The van der Waals surface area contributed by atoms with Gasteiger partial charge in [-0.1, -0.05) is 13.8 Å².